The van der Waals surface area contributed by atoms with Crippen LogP contribution >= 0.6 is 0 Å². The summed E-state index contributed by atoms with van der Waals surface area (Å²) in [6.45, 7) is 1.72. The van der Waals surface area contributed by atoms with E-state index >= 15 is 0 Å². The summed E-state index contributed by atoms with van der Waals surface area (Å²) in [5.41, 5.74) is 1.32. The van der Waals surface area contributed by atoms with E-state index in [4.69, 9.17) is 0 Å². The highest BCUT2D eigenvalue weighted by atomic mass is 32.2. The molecule has 1 heterocycles. The molecule has 0 spiro atoms. The quantitative estimate of drug-likeness (QED) is 0.799. The van der Waals surface area contributed by atoms with E-state index < -0.39 is 15.8 Å². The van der Waals surface area contributed by atoms with E-state index in [2.05, 4.69) is 9.72 Å². The number of hydrogen-bond acceptors (Lipinski definition) is 5. The van der Waals surface area contributed by atoms with E-state index in [9.17, 15) is 13.2 Å². The fraction of sp³-hybridized carbons (Fsp3) is 0.231. The predicted molar refractivity (Wildman–Crippen MR) is 72.8 cm³/mol. The fourth-order valence-corrected chi connectivity index (χ4v) is 2.78. The number of carbonyl (C=O) groups is 1. The Morgan fingerprint density at radius 1 is 1.35 bits per heavy atom. The maximum Gasteiger partial charge on any atom is 0.338 e. The normalized spacial score (nSPS) is 11.3. The van der Waals surface area contributed by atoms with Crippen molar-refractivity contribution in [2.75, 3.05) is 13.4 Å². The first-order chi connectivity index (χ1) is 9.34. The molecule has 0 aliphatic carbocycles. The van der Waals surface area contributed by atoms with Crippen LogP contribution in [0.1, 0.15) is 15.9 Å². The fourth-order valence-electron chi connectivity index (χ4n) is 1.90. The van der Waals surface area contributed by atoms with Gasteiger partial charge in [-0.05, 0) is 24.6 Å². The topological polar surface area (TPSA) is 78.3 Å². The molecule has 1 aromatic carbocycles. The number of nitrogens with zero attached hydrogens (tertiary/aromatic N) is 2. The summed E-state index contributed by atoms with van der Waals surface area (Å²) in [5, 5.41) is 0. The molecule has 20 heavy (non-hydrogen) atoms. The lowest BCUT2D eigenvalue weighted by Gasteiger charge is -2.13. The molecule has 0 radical (unpaired) electrons. The number of ether oxygens (including phenoxy) is 1. The number of sulfone groups is 1. The van der Waals surface area contributed by atoms with E-state index in [1.54, 1.807) is 30.0 Å². The Kier molecular flexibility index (Phi) is 3.63. The molecule has 2 aromatic rings. The maximum absolute atomic E-state index is 11.9. The average molecular weight is 294 g/mol. The van der Waals surface area contributed by atoms with Crippen LogP contribution in [-0.2, 0) is 14.6 Å². The summed E-state index contributed by atoms with van der Waals surface area (Å²) in [5.74, 6) is -0.565. The van der Waals surface area contributed by atoms with Crippen LogP contribution in [0.3, 0.4) is 0 Å². The summed E-state index contributed by atoms with van der Waals surface area (Å²) in [6, 6.07) is 2.97. The zero-order valence-electron chi connectivity index (χ0n) is 11.3. The second-order valence-corrected chi connectivity index (χ2v) is 6.35. The third kappa shape index (κ3) is 2.57. The number of rotatable bonds is 3. The molecule has 6 nitrogen and oxygen atoms in total. The van der Waals surface area contributed by atoms with Crippen LogP contribution in [-0.4, -0.2) is 37.3 Å². The van der Waals surface area contributed by atoms with Crippen molar-refractivity contribution in [3.63, 3.8) is 0 Å². The molecule has 1 aromatic heterocycles. The summed E-state index contributed by atoms with van der Waals surface area (Å²) in [6.07, 6.45) is 5.79. The molecular formula is C13H14N2O4S. The van der Waals surface area contributed by atoms with Gasteiger partial charge in [-0.2, -0.15) is 0 Å². The maximum atomic E-state index is 11.9. The highest BCUT2D eigenvalue weighted by Gasteiger charge is 2.20. The van der Waals surface area contributed by atoms with Crippen molar-refractivity contribution >= 4 is 15.8 Å². The third-order valence-electron chi connectivity index (χ3n) is 2.89. The molecule has 2 rings (SSSR count). The Morgan fingerprint density at radius 2 is 2.05 bits per heavy atom. The number of imidazole rings is 1. The zero-order chi connectivity index (χ0) is 14.9. The zero-order valence-corrected chi connectivity index (χ0v) is 12.1. The molecule has 0 amide bonds. The van der Waals surface area contributed by atoms with Gasteiger partial charge in [0.05, 0.1) is 29.6 Å². The lowest BCUT2D eigenvalue weighted by atomic mass is 10.1. The SMILES string of the molecule is COC(=O)c1cc(S(C)(=O)=O)c(-n2ccnc2)cc1C. The summed E-state index contributed by atoms with van der Waals surface area (Å²) < 4.78 is 30.1. The van der Waals surface area contributed by atoms with Crippen LogP contribution in [0.2, 0.25) is 0 Å². The monoisotopic (exact) mass is 294 g/mol. The van der Waals surface area contributed by atoms with E-state index in [-0.39, 0.29) is 10.5 Å². The van der Waals surface area contributed by atoms with Gasteiger partial charge in [0.1, 0.15) is 0 Å². The van der Waals surface area contributed by atoms with Gasteiger partial charge >= 0.3 is 5.97 Å². The van der Waals surface area contributed by atoms with Crippen molar-refractivity contribution in [2.24, 2.45) is 0 Å². The molecule has 0 unspecified atom stereocenters. The number of hydrogen-bond donors (Lipinski definition) is 0. The van der Waals surface area contributed by atoms with Crippen LogP contribution in [0.4, 0.5) is 0 Å². The molecule has 0 bridgehead atoms. The van der Waals surface area contributed by atoms with Crippen LogP contribution in [0, 0.1) is 6.92 Å². The molecule has 0 saturated carbocycles. The largest absolute Gasteiger partial charge is 0.465 e. The van der Waals surface area contributed by atoms with Crippen LogP contribution in [0.25, 0.3) is 5.69 Å². The number of esters is 1. The molecular weight excluding hydrogens is 280 g/mol. The number of aryl methyl sites for hydroxylation is 1. The van der Waals surface area contributed by atoms with Gasteiger partial charge in [0.2, 0.25) is 0 Å². The smallest absolute Gasteiger partial charge is 0.338 e. The first-order valence-corrected chi connectivity index (χ1v) is 7.65. The molecule has 0 N–H and O–H groups in total. The first kappa shape index (κ1) is 14.3. The number of methoxy groups -OCH3 is 1. The standard InChI is InChI=1S/C13H14N2O4S/c1-9-6-11(15-5-4-14-8-15)12(20(3,17)18)7-10(9)13(16)19-2/h4-8H,1-3H3. The van der Waals surface area contributed by atoms with Gasteiger partial charge in [-0.15, -0.1) is 0 Å². The highest BCUT2D eigenvalue weighted by Crippen LogP contribution is 2.25. The summed E-state index contributed by atoms with van der Waals surface area (Å²) in [7, 11) is -2.24. The van der Waals surface area contributed by atoms with E-state index in [0.29, 0.717) is 11.3 Å². The second kappa shape index (κ2) is 5.09. The average Bonchev–Trinajstić information content (AvgIpc) is 2.89. The first-order valence-electron chi connectivity index (χ1n) is 5.76. The van der Waals surface area contributed by atoms with E-state index in [0.717, 1.165) is 6.26 Å². The molecule has 0 saturated heterocycles. The van der Waals surface area contributed by atoms with Crippen LogP contribution in [0.15, 0.2) is 35.7 Å². The lowest BCUT2D eigenvalue weighted by Crippen LogP contribution is -2.10. The van der Waals surface area contributed by atoms with Crippen LogP contribution in [0.5, 0.6) is 0 Å². The second-order valence-electron chi connectivity index (χ2n) is 4.37. The van der Waals surface area contributed by atoms with Gasteiger partial charge in [-0.25, -0.2) is 18.2 Å². The van der Waals surface area contributed by atoms with Gasteiger partial charge in [0, 0.05) is 18.6 Å². The van der Waals surface area contributed by atoms with Gasteiger partial charge in [0.25, 0.3) is 0 Å². The van der Waals surface area contributed by atoms with E-state index in [1.165, 1.54) is 19.5 Å². The Hall–Kier alpha value is -2.15. The Balaban J connectivity index is 2.76. The number of carbonyl (C=O) groups excluding carboxylic acids is 1. The Bertz CT molecular complexity index is 749. The molecule has 106 valence electrons. The number of aromatic nitrogens is 2. The minimum atomic E-state index is -3.50. The minimum Gasteiger partial charge on any atom is -0.465 e. The molecule has 0 atom stereocenters. The van der Waals surface area contributed by atoms with Crippen molar-refractivity contribution in [3.05, 3.63) is 42.0 Å². The highest BCUT2D eigenvalue weighted by molar-refractivity contribution is 7.90. The summed E-state index contributed by atoms with van der Waals surface area (Å²) in [4.78, 5) is 15.6. The van der Waals surface area contributed by atoms with Gasteiger partial charge in [0.15, 0.2) is 9.84 Å². The van der Waals surface area contributed by atoms with Crippen molar-refractivity contribution < 1.29 is 17.9 Å². The van der Waals surface area contributed by atoms with Gasteiger partial charge in [-0.1, -0.05) is 0 Å². The molecule has 0 fully saturated rings. The molecule has 7 heteroatoms. The minimum absolute atomic E-state index is 0.0569. The number of benzene rings is 1. The Labute approximate surface area is 116 Å². The van der Waals surface area contributed by atoms with Gasteiger partial charge in [-0.3, -0.25) is 0 Å². The molecule has 0 aliphatic rings. The van der Waals surface area contributed by atoms with Crippen LogP contribution < -0.4 is 0 Å². The van der Waals surface area contributed by atoms with Gasteiger partial charge < -0.3 is 9.30 Å². The molecule has 0 aliphatic heterocycles. The summed E-state index contributed by atoms with van der Waals surface area (Å²) >= 11 is 0. The van der Waals surface area contributed by atoms with Crippen molar-refractivity contribution in [1.82, 2.24) is 9.55 Å². The van der Waals surface area contributed by atoms with Crippen molar-refractivity contribution in [1.29, 1.82) is 0 Å². The van der Waals surface area contributed by atoms with Crippen molar-refractivity contribution in [2.45, 2.75) is 11.8 Å². The lowest BCUT2D eigenvalue weighted by molar-refractivity contribution is 0.0599. The Morgan fingerprint density at radius 3 is 2.55 bits per heavy atom. The predicted octanol–water partition coefficient (Wildman–Crippen LogP) is 1.37. The van der Waals surface area contributed by atoms with E-state index in [1.807, 2.05) is 0 Å². The third-order valence-corrected chi connectivity index (χ3v) is 4.02. The van der Waals surface area contributed by atoms with Crippen molar-refractivity contribution in [3.8, 4) is 5.69 Å².